The lowest BCUT2D eigenvalue weighted by molar-refractivity contribution is 0.236. The van der Waals surface area contributed by atoms with Crippen molar-refractivity contribution in [3.63, 3.8) is 0 Å². The molecular formula is C13H15BrN2O. The molecule has 0 bridgehead atoms. The molecule has 0 aliphatic heterocycles. The highest BCUT2D eigenvalue weighted by Crippen LogP contribution is 2.49. The standard InChI is InChI=1S/C13H15BrN2O/c1-9-6-10(14)7-11(16)12(9)17-8-13(2-3-13)4-5-15/h6-7H,2-4,8,16H2,1H3. The first-order valence-electron chi connectivity index (χ1n) is 5.62. The van der Waals surface area contributed by atoms with Crippen LogP contribution < -0.4 is 10.5 Å². The van der Waals surface area contributed by atoms with Gasteiger partial charge in [-0.05, 0) is 37.5 Å². The maximum atomic E-state index is 8.75. The average Bonchev–Trinajstić information content (AvgIpc) is 2.97. The van der Waals surface area contributed by atoms with Crippen LogP contribution >= 0.6 is 15.9 Å². The van der Waals surface area contributed by atoms with Crippen LogP contribution in [0.4, 0.5) is 5.69 Å². The topological polar surface area (TPSA) is 59.0 Å². The normalized spacial score (nSPS) is 16.3. The van der Waals surface area contributed by atoms with Crippen LogP contribution in [0.2, 0.25) is 0 Å². The summed E-state index contributed by atoms with van der Waals surface area (Å²) in [5, 5.41) is 8.75. The minimum absolute atomic E-state index is 0.0840. The number of nitrogens with zero attached hydrogens (tertiary/aromatic N) is 1. The summed E-state index contributed by atoms with van der Waals surface area (Å²) >= 11 is 3.40. The summed E-state index contributed by atoms with van der Waals surface area (Å²) in [5.74, 6) is 0.748. The van der Waals surface area contributed by atoms with Crippen LogP contribution in [0.25, 0.3) is 0 Å². The molecule has 90 valence electrons. The van der Waals surface area contributed by atoms with Gasteiger partial charge in [0.05, 0.1) is 18.4 Å². The summed E-state index contributed by atoms with van der Waals surface area (Å²) in [7, 11) is 0. The number of benzene rings is 1. The van der Waals surface area contributed by atoms with Crippen molar-refractivity contribution in [1.82, 2.24) is 0 Å². The number of hydrogen-bond donors (Lipinski definition) is 1. The number of nitrogens with two attached hydrogens (primary N) is 1. The van der Waals surface area contributed by atoms with Crippen molar-refractivity contribution >= 4 is 21.6 Å². The van der Waals surface area contributed by atoms with Crippen molar-refractivity contribution < 1.29 is 4.74 Å². The number of anilines is 1. The summed E-state index contributed by atoms with van der Waals surface area (Å²) in [6, 6.07) is 6.05. The Labute approximate surface area is 110 Å². The molecule has 17 heavy (non-hydrogen) atoms. The average molecular weight is 295 g/mol. The van der Waals surface area contributed by atoms with E-state index in [4.69, 9.17) is 15.7 Å². The molecule has 0 aromatic heterocycles. The molecule has 4 heteroatoms. The molecule has 2 rings (SSSR count). The summed E-state index contributed by atoms with van der Waals surface area (Å²) in [5.41, 5.74) is 7.67. The number of ether oxygens (including phenoxy) is 1. The molecule has 1 aromatic carbocycles. The Morgan fingerprint density at radius 1 is 1.53 bits per heavy atom. The third-order valence-electron chi connectivity index (χ3n) is 3.20. The van der Waals surface area contributed by atoms with Crippen LogP contribution in [0, 0.1) is 23.7 Å². The third kappa shape index (κ3) is 2.73. The van der Waals surface area contributed by atoms with Gasteiger partial charge in [0.2, 0.25) is 0 Å². The molecule has 0 spiro atoms. The number of nitrogen functional groups attached to an aromatic ring is 1. The van der Waals surface area contributed by atoms with E-state index < -0.39 is 0 Å². The van der Waals surface area contributed by atoms with E-state index in [9.17, 15) is 0 Å². The van der Waals surface area contributed by atoms with Crippen LogP contribution in [0.1, 0.15) is 24.8 Å². The maximum absolute atomic E-state index is 8.75. The molecule has 1 saturated carbocycles. The van der Waals surface area contributed by atoms with Gasteiger partial charge in [-0.15, -0.1) is 0 Å². The molecule has 0 amide bonds. The Balaban J connectivity index is 2.07. The Bertz CT molecular complexity index is 452. The summed E-state index contributed by atoms with van der Waals surface area (Å²) in [6.07, 6.45) is 2.73. The van der Waals surface area contributed by atoms with Gasteiger partial charge in [0.1, 0.15) is 5.75 Å². The van der Waals surface area contributed by atoms with E-state index >= 15 is 0 Å². The summed E-state index contributed by atoms with van der Waals surface area (Å²) < 4.78 is 6.76. The Morgan fingerprint density at radius 3 is 2.76 bits per heavy atom. The second-order valence-corrected chi connectivity index (χ2v) is 5.68. The number of aryl methyl sites for hydroxylation is 1. The molecular weight excluding hydrogens is 280 g/mol. The van der Waals surface area contributed by atoms with E-state index in [0.29, 0.717) is 18.7 Å². The number of halogens is 1. The zero-order valence-corrected chi connectivity index (χ0v) is 11.4. The monoisotopic (exact) mass is 294 g/mol. The van der Waals surface area contributed by atoms with Crippen LogP contribution in [0.5, 0.6) is 5.75 Å². The summed E-state index contributed by atoms with van der Waals surface area (Å²) in [6.45, 7) is 2.56. The van der Waals surface area contributed by atoms with E-state index in [1.807, 2.05) is 19.1 Å². The molecule has 0 radical (unpaired) electrons. The second kappa shape index (κ2) is 4.58. The van der Waals surface area contributed by atoms with Gasteiger partial charge in [-0.3, -0.25) is 0 Å². The second-order valence-electron chi connectivity index (χ2n) is 4.76. The van der Waals surface area contributed by atoms with Gasteiger partial charge >= 0.3 is 0 Å². The lowest BCUT2D eigenvalue weighted by Crippen LogP contribution is -2.13. The van der Waals surface area contributed by atoms with Crippen molar-refractivity contribution in [3.05, 3.63) is 22.2 Å². The molecule has 0 atom stereocenters. The predicted molar refractivity (Wildman–Crippen MR) is 70.7 cm³/mol. The van der Waals surface area contributed by atoms with Crippen LogP contribution in [0.3, 0.4) is 0 Å². The highest BCUT2D eigenvalue weighted by Gasteiger charge is 2.43. The largest absolute Gasteiger partial charge is 0.491 e. The Hall–Kier alpha value is -1.21. The van der Waals surface area contributed by atoms with Crippen LogP contribution in [-0.4, -0.2) is 6.61 Å². The fourth-order valence-electron chi connectivity index (χ4n) is 1.89. The predicted octanol–water partition coefficient (Wildman–Crippen LogP) is 3.41. The van der Waals surface area contributed by atoms with Gasteiger partial charge in [0.15, 0.2) is 0 Å². The zero-order chi connectivity index (χ0) is 12.5. The first-order chi connectivity index (χ1) is 8.06. The zero-order valence-electron chi connectivity index (χ0n) is 9.79. The first-order valence-corrected chi connectivity index (χ1v) is 6.41. The molecule has 1 aliphatic rings. The van der Waals surface area contributed by atoms with E-state index in [0.717, 1.165) is 28.6 Å². The molecule has 1 fully saturated rings. The smallest absolute Gasteiger partial charge is 0.145 e. The van der Waals surface area contributed by atoms with Gasteiger partial charge in [0.25, 0.3) is 0 Å². The van der Waals surface area contributed by atoms with Gasteiger partial charge < -0.3 is 10.5 Å². The van der Waals surface area contributed by atoms with Crippen LogP contribution in [0.15, 0.2) is 16.6 Å². The molecule has 0 heterocycles. The quantitative estimate of drug-likeness (QED) is 0.866. The van der Waals surface area contributed by atoms with Gasteiger partial charge in [-0.1, -0.05) is 15.9 Å². The fourth-order valence-corrected chi connectivity index (χ4v) is 2.48. The van der Waals surface area contributed by atoms with Gasteiger partial charge in [-0.2, -0.15) is 5.26 Å². The van der Waals surface area contributed by atoms with Crippen molar-refractivity contribution in [2.24, 2.45) is 5.41 Å². The van der Waals surface area contributed by atoms with Crippen molar-refractivity contribution in [2.45, 2.75) is 26.2 Å². The minimum Gasteiger partial charge on any atom is -0.491 e. The van der Waals surface area contributed by atoms with Gasteiger partial charge in [0, 0.05) is 16.3 Å². The van der Waals surface area contributed by atoms with Crippen molar-refractivity contribution in [3.8, 4) is 11.8 Å². The number of hydrogen-bond acceptors (Lipinski definition) is 3. The molecule has 3 nitrogen and oxygen atoms in total. The lowest BCUT2D eigenvalue weighted by Gasteiger charge is -2.16. The molecule has 0 saturated heterocycles. The van der Waals surface area contributed by atoms with E-state index in [-0.39, 0.29) is 5.41 Å². The lowest BCUT2D eigenvalue weighted by atomic mass is 10.1. The molecule has 0 unspecified atom stereocenters. The van der Waals surface area contributed by atoms with Crippen molar-refractivity contribution in [1.29, 1.82) is 5.26 Å². The molecule has 2 N–H and O–H groups in total. The van der Waals surface area contributed by atoms with Crippen LogP contribution in [-0.2, 0) is 0 Å². The molecule has 1 aliphatic carbocycles. The summed E-state index contributed by atoms with van der Waals surface area (Å²) in [4.78, 5) is 0. The van der Waals surface area contributed by atoms with E-state index in [2.05, 4.69) is 22.0 Å². The highest BCUT2D eigenvalue weighted by atomic mass is 79.9. The SMILES string of the molecule is Cc1cc(Br)cc(N)c1OCC1(CC#N)CC1. The minimum atomic E-state index is 0.0840. The molecule has 1 aromatic rings. The third-order valence-corrected chi connectivity index (χ3v) is 3.66. The highest BCUT2D eigenvalue weighted by molar-refractivity contribution is 9.10. The van der Waals surface area contributed by atoms with E-state index in [1.54, 1.807) is 0 Å². The van der Waals surface area contributed by atoms with E-state index in [1.165, 1.54) is 0 Å². The number of rotatable bonds is 4. The Kier molecular flexibility index (Phi) is 3.30. The number of nitriles is 1. The maximum Gasteiger partial charge on any atom is 0.145 e. The Morgan fingerprint density at radius 2 is 2.24 bits per heavy atom. The first kappa shape index (κ1) is 12.3. The van der Waals surface area contributed by atoms with Gasteiger partial charge in [-0.25, -0.2) is 0 Å². The fraction of sp³-hybridized carbons (Fsp3) is 0.462. The van der Waals surface area contributed by atoms with Crippen molar-refractivity contribution in [2.75, 3.05) is 12.3 Å².